The van der Waals surface area contributed by atoms with Crippen LogP contribution in [0.4, 0.5) is 20.5 Å². The monoisotopic (exact) mass is 582 g/mol. The fourth-order valence-corrected chi connectivity index (χ4v) is 6.67. The summed E-state index contributed by atoms with van der Waals surface area (Å²) in [6.45, 7) is 4.76. The number of rotatable bonds is 8. The summed E-state index contributed by atoms with van der Waals surface area (Å²) >= 11 is 1.45. The highest BCUT2D eigenvalue weighted by molar-refractivity contribution is 7.21. The fourth-order valence-electron chi connectivity index (χ4n) is 5.60. The summed E-state index contributed by atoms with van der Waals surface area (Å²) in [5, 5.41) is 39.8. The van der Waals surface area contributed by atoms with Crippen LogP contribution in [-0.2, 0) is 6.54 Å². The van der Waals surface area contributed by atoms with Crippen LogP contribution in [0.25, 0.3) is 20.8 Å². The number of halogens is 2. The van der Waals surface area contributed by atoms with Gasteiger partial charge in [0, 0.05) is 30.1 Å². The Bertz CT molecular complexity index is 1600. The molecule has 0 amide bonds. The summed E-state index contributed by atoms with van der Waals surface area (Å²) in [6.07, 6.45) is 3.17. The van der Waals surface area contributed by atoms with E-state index in [0.29, 0.717) is 28.6 Å². The molecule has 0 spiro atoms. The van der Waals surface area contributed by atoms with Crippen LogP contribution in [0.1, 0.15) is 62.4 Å². The molecule has 5 N–H and O–H groups in total. The second kappa shape index (κ2) is 10.2. The van der Waals surface area contributed by atoms with Gasteiger partial charge in [0.1, 0.15) is 34.1 Å². The first-order valence-corrected chi connectivity index (χ1v) is 14.5. The molecular weight excluding hydrogens is 550 g/mol. The normalized spacial score (nSPS) is 22.8. The van der Waals surface area contributed by atoms with Crippen molar-refractivity contribution in [2.45, 2.75) is 76.3 Å². The third kappa shape index (κ3) is 5.25. The maximum absolute atomic E-state index is 14.3. The zero-order valence-electron chi connectivity index (χ0n) is 22.9. The molecule has 3 aromatic heterocycles. The van der Waals surface area contributed by atoms with Crippen molar-refractivity contribution in [3.8, 4) is 10.6 Å². The average Bonchev–Trinajstić information content (AvgIpc) is 3.58. The number of hydrogen-bond donors (Lipinski definition) is 5. The number of pyridine rings is 1. The van der Waals surface area contributed by atoms with Gasteiger partial charge >= 0.3 is 0 Å². The molecule has 0 aliphatic heterocycles. The highest BCUT2D eigenvalue weighted by Gasteiger charge is 2.52. The van der Waals surface area contributed by atoms with Gasteiger partial charge in [-0.1, -0.05) is 6.07 Å². The Morgan fingerprint density at radius 1 is 1.10 bits per heavy atom. The minimum Gasteiger partial charge on any atom is -0.390 e. The van der Waals surface area contributed by atoms with Crippen LogP contribution in [0.2, 0.25) is 0 Å². The van der Waals surface area contributed by atoms with Crippen LogP contribution in [0.15, 0.2) is 30.5 Å². The molecule has 3 atom stereocenters. The number of aliphatic hydroxyl groups is 3. The van der Waals surface area contributed by atoms with Crippen LogP contribution >= 0.6 is 11.3 Å². The Kier molecular flexibility index (Phi) is 6.92. The Labute approximate surface area is 239 Å². The van der Waals surface area contributed by atoms with Gasteiger partial charge in [-0.05, 0) is 64.7 Å². The molecule has 0 bridgehead atoms. The van der Waals surface area contributed by atoms with E-state index in [1.165, 1.54) is 29.5 Å². The molecule has 6 rings (SSSR count). The summed E-state index contributed by atoms with van der Waals surface area (Å²) < 4.78 is 29.5. The van der Waals surface area contributed by atoms with Gasteiger partial charge in [-0.25, -0.2) is 18.7 Å². The summed E-state index contributed by atoms with van der Waals surface area (Å²) in [5.41, 5.74) is -0.355. The van der Waals surface area contributed by atoms with E-state index in [4.69, 9.17) is 4.98 Å². The van der Waals surface area contributed by atoms with Gasteiger partial charge < -0.3 is 26.0 Å². The van der Waals surface area contributed by atoms with Gasteiger partial charge in [-0.15, -0.1) is 11.3 Å². The molecule has 3 unspecified atom stereocenters. The van der Waals surface area contributed by atoms with E-state index in [-0.39, 0.29) is 30.3 Å². The number of anilines is 2. The smallest absolute Gasteiger partial charge is 0.225 e. The molecular formula is C29H32F2N6O3S. The number of aryl methyl sites for hydroxylation is 1. The van der Waals surface area contributed by atoms with Crippen molar-refractivity contribution < 1.29 is 24.1 Å². The van der Waals surface area contributed by atoms with E-state index in [1.54, 1.807) is 27.0 Å². The lowest BCUT2D eigenvalue weighted by Crippen LogP contribution is -2.51. The Morgan fingerprint density at radius 2 is 1.83 bits per heavy atom. The first-order chi connectivity index (χ1) is 19.4. The third-order valence-corrected chi connectivity index (χ3v) is 9.08. The van der Waals surface area contributed by atoms with Gasteiger partial charge in [0.2, 0.25) is 5.95 Å². The van der Waals surface area contributed by atoms with Crippen LogP contribution in [-0.4, -0.2) is 52.7 Å². The van der Waals surface area contributed by atoms with Crippen molar-refractivity contribution in [3.05, 3.63) is 59.0 Å². The van der Waals surface area contributed by atoms with Crippen molar-refractivity contribution in [1.82, 2.24) is 19.9 Å². The number of nitrogens with zero attached hydrogens (tertiary/aromatic N) is 4. The molecule has 2 aliphatic carbocycles. The summed E-state index contributed by atoms with van der Waals surface area (Å²) in [5.74, 6) is -1.30. The SMILES string of the molecule is Cc1nc(NCc2c(F)cccc2F)nc(NC2(O)CCC(C(C)(C)O)C2O)c1-c1nc2c(C3CC3)nccc2s1. The highest BCUT2D eigenvalue weighted by atomic mass is 32.1. The molecule has 41 heavy (non-hydrogen) atoms. The van der Waals surface area contributed by atoms with Gasteiger partial charge in [0.05, 0.1) is 27.3 Å². The largest absolute Gasteiger partial charge is 0.390 e. The van der Waals surface area contributed by atoms with Crippen molar-refractivity contribution in [3.63, 3.8) is 0 Å². The average molecular weight is 583 g/mol. The third-order valence-electron chi connectivity index (χ3n) is 8.04. The summed E-state index contributed by atoms with van der Waals surface area (Å²) in [7, 11) is 0. The van der Waals surface area contributed by atoms with Gasteiger partial charge in [-0.2, -0.15) is 4.98 Å². The first-order valence-electron chi connectivity index (χ1n) is 13.7. The molecule has 1 aromatic carbocycles. The molecule has 216 valence electrons. The molecule has 0 saturated heterocycles. The molecule has 2 saturated carbocycles. The lowest BCUT2D eigenvalue weighted by Gasteiger charge is -2.34. The second-order valence-electron chi connectivity index (χ2n) is 11.5. The Morgan fingerprint density at radius 3 is 2.49 bits per heavy atom. The van der Waals surface area contributed by atoms with E-state index in [1.807, 2.05) is 6.07 Å². The Hall–Kier alpha value is -3.32. The molecule has 2 fully saturated rings. The predicted molar refractivity (Wildman–Crippen MR) is 152 cm³/mol. The number of thiazole rings is 1. The molecule has 3 heterocycles. The Balaban J connectivity index is 1.41. The molecule has 0 radical (unpaired) electrons. The number of nitrogens with one attached hydrogen (secondary N) is 2. The molecule has 9 nitrogen and oxygen atoms in total. The minimum absolute atomic E-state index is 0.0768. The van der Waals surface area contributed by atoms with Crippen LogP contribution < -0.4 is 10.6 Å². The summed E-state index contributed by atoms with van der Waals surface area (Å²) in [6, 6.07) is 5.56. The van der Waals surface area contributed by atoms with Crippen LogP contribution in [0.5, 0.6) is 0 Å². The quantitative estimate of drug-likeness (QED) is 0.184. The van der Waals surface area contributed by atoms with Crippen LogP contribution in [0.3, 0.4) is 0 Å². The lowest BCUT2D eigenvalue weighted by atomic mass is 9.87. The number of benzene rings is 1. The summed E-state index contributed by atoms with van der Waals surface area (Å²) in [4.78, 5) is 18.6. The van der Waals surface area contributed by atoms with Gasteiger partial charge in [-0.3, -0.25) is 4.98 Å². The van der Waals surface area contributed by atoms with Crippen molar-refractivity contribution in [2.24, 2.45) is 5.92 Å². The zero-order chi connectivity index (χ0) is 29.1. The minimum atomic E-state index is -1.80. The van der Waals surface area contributed by atoms with E-state index >= 15 is 0 Å². The number of aliphatic hydroxyl groups excluding tert-OH is 1. The maximum atomic E-state index is 14.3. The van der Waals surface area contributed by atoms with E-state index in [2.05, 4.69) is 25.6 Å². The lowest BCUT2D eigenvalue weighted by molar-refractivity contribution is -0.0926. The van der Waals surface area contributed by atoms with Crippen LogP contribution in [0, 0.1) is 24.5 Å². The number of fused-ring (bicyclic) bond motifs is 1. The maximum Gasteiger partial charge on any atom is 0.225 e. The van der Waals surface area contributed by atoms with Crippen molar-refractivity contribution in [2.75, 3.05) is 10.6 Å². The second-order valence-corrected chi connectivity index (χ2v) is 12.6. The van der Waals surface area contributed by atoms with Crippen molar-refractivity contribution >= 4 is 33.3 Å². The van der Waals surface area contributed by atoms with E-state index in [9.17, 15) is 24.1 Å². The highest BCUT2D eigenvalue weighted by Crippen LogP contribution is 2.46. The fraction of sp³-hybridized carbons (Fsp3) is 0.448. The van der Waals surface area contributed by atoms with Crippen molar-refractivity contribution in [1.29, 1.82) is 0 Å². The first kappa shape index (κ1) is 27.8. The standard InChI is InChI=1S/C29H32F2N6O3S/c1-14-21(26-35-23-20(41-26)10-12-32-22(23)15-7-8-15)25(37-29(40)11-9-17(24(29)38)28(2,3)39)36-27(34-14)33-13-16-18(30)5-4-6-19(16)31/h4-6,10,12,15,17,24,38-40H,7-9,11,13H2,1-3H3,(H2,33,34,36,37). The van der Waals surface area contributed by atoms with Gasteiger partial charge in [0.25, 0.3) is 0 Å². The predicted octanol–water partition coefficient (Wildman–Crippen LogP) is 4.87. The molecule has 2 aliphatic rings. The zero-order valence-corrected chi connectivity index (χ0v) is 23.8. The topological polar surface area (TPSA) is 136 Å². The molecule has 12 heteroatoms. The van der Waals surface area contributed by atoms with Gasteiger partial charge in [0.15, 0.2) is 5.72 Å². The molecule has 4 aromatic rings. The number of hydrogen-bond acceptors (Lipinski definition) is 10. The van der Waals surface area contributed by atoms with E-state index < -0.39 is 35.0 Å². The van der Waals surface area contributed by atoms with E-state index in [0.717, 1.165) is 28.8 Å². The number of aromatic nitrogens is 4.